The lowest BCUT2D eigenvalue weighted by atomic mass is 10.2. The quantitative estimate of drug-likeness (QED) is 0.677. The van der Waals surface area contributed by atoms with Gasteiger partial charge in [0, 0.05) is 0 Å². The molecule has 0 aromatic heterocycles. The Labute approximate surface area is 132 Å². The number of benzene rings is 2. The molecule has 2 rings (SSSR count). The van der Waals surface area contributed by atoms with Crippen molar-refractivity contribution in [3.05, 3.63) is 64.7 Å². The van der Waals surface area contributed by atoms with E-state index in [9.17, 15) is 9.59 Å². The summed E-state index contributed by atoms with van der Waals surface area (Å²) in [7, 11) is 0. The van der Waals surface area contributed by atoms with Crippen LogP contribution < -0.4 is 10.5 Å². The van der Waals surface area contributed by atoms with Crippen LogP contribution in [-0.2, 0) is 16.1 Å². The lowest BCUT2D eigenvalue weighted by molar-refractivity contribution is -0.132. The Bertz CT molecular complexity index is 673. The molecule has 2 N–H and O–H groups in total. The van der Waals surface area contributed by atoms with E-state index in [-0.39, 0.29) is 29.5 Å². The van der Waals surface area contributed by atoms with Crippen molar-refractivity contribution in [2.75, 3.05) is 6.54 Å². The van der Waals surface area contributed by atoms with Crippen LogP contribution in [0.4, 0.5) is 0 Å². The fraction of sp³-hybridized carbons (Fsp3) is 0.125. The maximum absolute atomic E-state index is 12.0. The highest BCUT2D eigenvalue weighted by atomic mass is 35.5. The number of nitrogens with two attached hydrogens (primary N) is 1. The van der Waals surface area contributed by atoms with Gasteiger partial charge in [0.05, 0.1) is 17.1 Å². The highest BCUT2D eigenvalue weighted by Crippen LogP contribution is 2.26. The van der Waals surface area contributed by atoms with Gasteiger partial charge in [0.15, 0.2) is 0 Å². The standard InChI is InChI=1S/C16H14ClNO4/c17-13-8-12(6-7-14(13)22-15(19)9-18)16(20)21-10-11-4-2-1-3-5-11/h1-8H,9-10,18H2. The van der Waals surface area contributed by atoms with Gasteiger partial charge in [-0.05, 0) is 23.8 Å². The SMILES string of the molecule is NCC(=O)Oc1ccc(C(=O)OCc2ccccc2)cc1Cl. The van der Waals surface area contributed by atoms with E-state index >= 15 is 0 Å². The van der Waals surface area contributed by atoms with E-state index in [0.29, 0.717) is 0 Å². The Kier molecular flexibility index (Phi) is 5.52. The van der Waals surface area contributed by atoms with Crippen molar-refractivity contribution in [1.29, 1.82) is 0 Å². The molecule has 2 aromatic carbocycles. The second kappa shape index (κ2) is 7.59. The number of carbonyl (C=O) groups excluding carboxylic acids is 2. The number of rotatable bonds is 5. The Morgan fingerprint density at radius 3 is 2.45 bits per heavy atom. The molecular formula is C16H14ClNO4. The zero-order chi connectivity index (χ0) is 15.9. The molecule has 0 atom stereocenters. The van der Waals surface area contributed by atoms with Crippen molar-refractivity contribution in [3.63, 3.8) is 0 Å². The summed E-state index contributed by atoms with van der Waals surface area (Å²) in [6, 6.07) is 13.6. The van der Waals surface area contributed by atoms with E-state index in [1.165, 1.54) is 18.2 Å². The molecule has 0 aliphatic rings. The van der Waals surface area contributed by atoms with Gasteiger partial charge in [-0.2, -0.15) is 0 Å². The lowest BCUT2D eigenvalue weighted by Gasteiger charge is -2.08. The molecule has 22 heavy (non-hydrogen) atoms. The normalized spacial score (nSPS) is 10.1. The van der Waals surface area contributed by atoms with Crippen LogP contribution in [0.1, 0.15) is 15.9 Å². The van der Waals surface area contributed by atoms with Crippen LogP contribution in [0.25, 0.3) is 0 Å². The first kappa shape index (κ1) is 16.0. The van der Waals surface area contributed by atoms with Gasteiger partial charge in [-0.1, -0.05) is 41.9 Å². The number of hydrogen-bond donors (Lipinski definition) is 1. The van der Waals surface area contributed by atoms with E-state index < -0.39 is 11.9 Å². The van der Waals surface area contributed by atoms with Gasteiger partial charge >= 0.3 is 11.9 Å². The monoisotopic (exact) mass is 319 g/mol. The summed E-state index contributed by atoms with van der Waals surface area (Å²) < 4.78 is 10.1. The Hall–Kier alpha value is -2.37. The van der Waals surface area contributed by atoms with Crippen LogP contribution >= 0.6 is 11.6 Å². The number of ether oxygens (including phenoxy) is 2. The molecule has 0 heterocycles. The summed E-state index contributed by atoms with van der Waals surface area (Å²) in [4.78, 5) is 23.1. The first-order valence-corrected chi connectivity index (χ1v) is 6.89. The van der Waals surface area contributed by atoms with E-state index in [1.54, 1.807) is 0 Å². The van der Waals surface area contributed by atoms with Crippen LogP contribution in [0.2, 0.25) is 5.02 Å². The van der Waals surface area contributed by atoms with Gasteiger partial charge in [0.2, 0.25) is 0 Å². The molecule has 0 fully saturated rings. The molecule has 0 bridgehead atoms. The minimum Gasteiger partial charge on any atom is -0.457 e. The zero-order valence-corrected chi connectivity index (χ0v) is 12.4. The molecule has 0 amide bonds. The van der Waals surface area contributed by atoms with Gasteiger partial charge in [-0.25, -0.2) is 4.79 Å². The number of hydrogen-bond acceptors (Lipinski definition) is 5. The van der Waals surface area contributed by atoms with E-state index in [4.69, 9.17) is 26.8 Å². The van der Waals surface area contributed by atoms with Gasteiger partial charge in [-0.15, -0.1) is 0 Å². The van der Waals surface area contributed by atoms with E-state index in [0.717, 1.165) is 5.56 Å². The minimum absolute atomic E-state index is 0.135. The third-order valence-electron chi connectivity index (χ3n) is 2.77. The lowest BCUT2D eigenvalue weighted by Crippen LogP contribution is -2.19. The minimum atomic E-state index is -0.610. The topological polar surface area (TPSA) is 78.6 Å². The molecular weight excluding hydrogens is 306 g/mol. The van der Waals surface area contributed by atoms with Crippen LogP contribution in [0.5, 0.6) is 5.75 Å². The average Bonchev–Trinajstić information content (AvgIpc) is 2.55. The predicted octanol–water partition coefficient (Wildman–Crippen LogP) is 2.56. The maximum Gasteiger partial charge on any atom is 0.338 e. The maximum atomic E-state index is 12.0. The molecule has 0 saturated heterocycles. The predicted molar refractivity (Wildman–Crippen MR) is 81.7 cm³/mol. The molecule has 0 spiro atoms. The van der Waals surface area contributed by atoms with E-state index in [1.807, 2.05) is 30.3 Å². The number of carbonyl (C=O) groups is 2. The van der Waals surface area contributed by atoms with Gasteiger partial charge in [0.25, 0.3) is 0 Å². The summed E-state index contributed by atoms with van der Waals surface area (Å²) in [5.41, 5.74) is 6.31. The third kappa shape index (κ3) is 4.31. The van der Waals surface area contributed by atoms with E-state index in [2.05, 4.69) is 0 Å². The smallest absolute Gasteiger partial charge is 0.338 e. The van der Waals surface area contributed by atoms with Crippen molar-refractivity contribution in [1.82, 2.24) is 0 Å². The zero-order valence-electron chi connectivity index (χ0n) is 11.6. The Morgan fingerprint density at radius 2 is 1.82 bits per heavy atom. The summed E-state index contributed by atoms with van der Waals surface area (Å²) in [6.07, 6.45) is 0. The van der Waals surface area contributed by atoms with Crippen LogP contribution in [-0.4, -0.2) is 18.5 Å². The highest BCUT2D eigenvalue weighted by Gasteiger charge is 2.12. The Balaban J connectivity index is 2.01. The summed E-state index contributed by atoms with van der Waals surface area (Å²) in [5.74, 6) is -0.972. The number of halogens is 1. The first-order chi connectivity index (χ1) is 10.6. The van der Waals surface area contributed by atoms with Crippen LogP contribution in [0.3, 0.4) is 0 Å². The van der Waals surface area contributed by atoms with Crippen LogP contribution in [0.15, 0.2) is 48.5 Å². The van der Waals surface area contributed by atoms with Crippen molar-refractivity contribution in [2.24, 2.45) is 5.73 Å². The molecule has 6 heteroatoms. The third-order valence-corrected chi connectivity index (χ3v) is 3.07. The molecule has 0 aliphatic heterocycles. The van der Waals surface area contributed by atoms with Crippen molar-refractivity contribution < 1.29 is 19.1 Å². The van der Waals surface area contributed by atoms with Gasteiger partial charge in [0.1, 0.15) is 12.4 Å². The second-order valence-electron chi connectivity index (χ2n) is 4.39. The van der Waals surface area contributed by atoms with Gasteiger partial charge < -0.3 is 15.2 Å². The average molecular weight is 320 g/mol. The summed E-state index contributed by atoms with van der Waals surface area (Å²) >= 11 is 5.97. The molecule has 0 aliphatic carbocycles. The van der Waals surface area contributed by atoms with Crippen molar-refractivity contribution >= 4 is 23.5 Å². The Morgan fingerprint density at radius 1 is 1.09 bits per heavy atom. The molecule has 0 unspecified atom stereocenters. The van der Waals surface area contributed by atoms with Crippen LogP contribution in [0, 0.1) is 0 Å². The van der Waals surface area contributed by atoms with Crippen molar-refractivity contribution in [2.45, 2.75) is 6.61 Å². The molecule has 0 radical (unpaired) electrons. The molecule has 114 valence electrons. The second-order valence-corrected chi connectivity index (χ2v) is 4.79. The number of esters is 2. The molecule has 0 saturated carbocycles. The first-order valence-electron chi connectivity index (χ1n) is 6.51. The highest BCUT2D eigenvalue weighted by molar-refractivity contribution is 6.32. The fourth-order valence-electron chi connectivity index (χ4n) is 1.68. The molecule has 5 nitrogen and oxygen atoms in total. The largest absolute Gasteiger partial charge is 0.457 e. The summed E-state index contributed by atoms with van der Waals surface area (Å²) in [5, 5.41) is 0.135. The molecule has 2 aromatic rings. The van der Waals surface area contributed by atoms with Crippen molar-refractivity contribution in [3.8, 4) is 5.75 Å². The summed E-state index contributed by atoms with van der Waals surface area (Å²) in [6.45, 7) is -0.0849. The van der Waals surface area contributed by atoms with Gasteiger partial charge in [-0.3, -0.25) is 4.79 Å². The fourth-order valence-corrected chi connectivity index (χ4v) is 1.90.